The van der Waals surface area contributed by atoms with Gasteiger partial charge in [0.2, 0.25) is 0 Å². The van der Waals surface area contributed by atoms with Crippen LogP contribution in [-0.2, 0) is 12.5 Å². The van der Waals surface area contributed by atoms with Crippen molar-refractivity contribution in [1.82, 2.24) is 14.8 Å². The average molecular weight is 350 g/mol. The van der Waals surface area contributed by atoms with Crippen molar-refractivity contribution < 1.29 is 0 Å². The van der Waals surface area contributed by atoms with Crippen molar-refractivity contribution in [2.45, 2.75) is 36.3 Å². The molecule has 0 atom stereocenters. The molecule has 1 aromatic carbocycles. The lowest BCUT2D eigenvalue weighted by molar-refractivity contribution is 0.144. The van der Waals surface area contributed by atoms with Gasteiger partial charge in [-0.25, -0.2) is 0 Å². The van der Waals surface area contributed by atoms with Crippen LogP contribution >= 0.6 is 28.6 Å². The van der Waals surface area contributed by atoms with Crippen molar-refractivity contribution in [2.24, 2.45) is 12.5 Å². The molecule has 2 saturated carbocycles. The van der Waals surface area contributed by atoms with Crippen molar-refractivity contribution in [3.05, 3.63) is 40.1 Å². The Morgan fingerprint density at radius 1 is 1.25 bits per heavy atom. The molecule has 2 aromatic rings. The molecule has 1 spiro atoms. The second kappa shape index (κ2) is 4.10. The second-order valence-corrected chi connectivity index (χ2v) is 7.64. The summed E-state index contributed by atoms with van der Waals surface area (Å²) in [5.74, 6) is 1.05. The van der Waals surface area contributed by atoms with E-state index in [4.69, 9.17) is 0 Å². The maximum absolute atomic E-state index is 4.43. The van der Waals surface area contributed by atoms with Gasteiger partial charge in [-0.1, -0.05) is 28.1 Å². The Morgan fingerprint density at radius 3 is 2.55 bits per heavy atom. The van der Waals surface area contributed by atoms with Gasteiger partial charge in [0.15, 0.2) is 5.16 Å². The highest BCUT2D eigenvalue weighted by Crippen LogP contribution is 2.70. The Hall–Kier alpha value is -0.810. The van der Waals surface area contributed by atoms with E-state index in [-0.39, 0.29) is 5.41 Å². The van der Waals surface area contributed by atoms with Crippen molar-refractivity contribution in [3.63, 3.8) is 0 Å². The van der Waals surface area contributed by atoms with E-state index in [2.05, 4.69) is 63.0 Å². The molecule has 0 saturated heterocycles. The third kappa shape index (κ3) is 1.72. The number of thiol groups is 1. The van der Waals surface area contributed by atoms with E-state index in [0.717, 1.165) is 10.3 Å². The van der Waals surface area contributed by atoms with Crippen LogP contribution in [0, 0.1) is 5.41 Å². The van der Waals surface area contributed by atoms with Crippen LogP contribution in [0.25, 0.3) is 0 Å². The first kappa shape index (κ1) is 12.9. The molecule has 0 unspecified atom stereocenters. The largest absolute Gasteiger partial charge is 0.309 e. The monoisotopic (exact) mass is 349 g/mol. The smallest absolute Gasteiger partial charge is 0.187 e. The molecular weight excluding hydrogens is 334 g/mol. The van der Waals surface area contributed by atoms with Gasteiger partial charge in [0, 0.05) is 11.5 Å². The fourth-order valence-electron chi connectivity index (χ4n) is 3.77. The predicted octanol–water partition coefficient (Wildman–Crippen LogP) is 3.73. The maximum Gasteiger partial charge on any atom is 0.187 e. The van der Waals surface area contributed by atoms with Crippen LogP contribution in [0.4, 0.5) is 0 Å². The van der Waals surface area contributed by atoms with Crippen LogP contribution in [0.2, 0.25) is 0 Å². The van der Waals surface area contributed by atoms with Crippen LogP contribution in [0.15, 0.2) is 33.9 Å². The number of benzene rings is 1. The molecule has 1 aromatic heterocycles. The number of nitrogens with zero attached hydrogens (tertiary/aromatic N) is 3. The molecule has 5 heteroatoms. The van der Waals surface area contributed by atoms with Crippen molar-refractivity contribution >= 4 is 28.6 Å². The standard InChI is InChI=1S/C15H16BrN3S/c1-19-12(17-18-13(19)20)15(8-14(9-15)5-6-14)10-3-2-4-11(16)7-10/h2-4,7H,5-6,8-9H2,1H3,(H,18,20). The number of rotatable bonds is 2. The minimum atomic E-state index is 0.0169. The van der Waals surface area contributed by atoms with E-state index in [1.54, 1.807) is 0 Å². The number of halogens is 1. The number of hydrogen-bond donors (Lipinski definition) is 1. The summed E-state index contributed by atoms with van der Waals surface area (Å²) in [4.78, 5) is 0. The van der Waals surface area contributed by atoms with Gasteiger partial charge < -0.3 is 4.57 Å². The van der Waals surface area contributed by atoms with E-state index in [1.165, 1.54) is 31.2 Å². The summed E-state index contributed by atoms with van der Waals surface area (Å²) in [6, 6.07) is 8.62. The number of hydrogen-bond acceptors (Lipinski definition) is 3. The molecule has 20 heavy (non-hydrogen) atoms. The first-order valence-corrected chi connectivity index (χ1v) is 8.14. The van der Waals surface area contributed by atoms with Gasteiger partial charge >= 0.3 is 0 Å². The quantitative estimate of drug-likeness (QED) is 0.837. The summed E-state index contributed by atoms with van der Waals surface area (Å²) in [5.41, 5.74) is 1.95. The summed E-state index contributed by atoms with van der Waals surface area (Å²) < 4.78 is 3.15. The minimum absolute atomic E-state index is 0.0169. The molecule has 0 amide bonds. The molecule has 2 aliphatic rings. The van der Waals surface area contributed by atoms with Crippen molar-refractivity contribution in [3.8, 4) is 0 Å². The summed E-state index contributed by atoms with van der Waals surface area (Å²) in [5, 5.41) is 9.26. The SMILES string of the molecule is Cn1c(S)nnc1C1(c2cccc(Br)c2)CC2(CC2)C1. The molecule has 0 radical (unpaired) electrons. The van der Waals surface area contributed by atoms with Crippen molar-refractivity contribution in [1.29, 1.82) is 0 Å². The molecule has 1 heterocycles. The average Bonchev–Trinajstić information content (AvgIpc) is 3.10. The normalized spacial score (nSPS) is 21.8. The van der Waals surface area contributed by atoms with E-state index in [9.17, 15) is 0 Å². The summed E-state index contributed by atoms with van der Waals surface area (Å²) in [7, 11) is 2.01. The lowest BCUT2D eigenvalue weighted by atomic mass is 9.56. The van der Waals surface area contributed by atoms with Gasteiger partial charge in [-0.2, -0.15) is 0 Å². The Labute approximate surface area is 132 Å². The first-order chi connectivity index (χ1) is 9.55. The van der Waals surface area contributed by atoms with Crippen LogP contribution in [0.3, 0.4) is 0 Å². The molecule has 3 nitrogen and oxygen atoms in total. The summed E-state index contributed by atoms with van der Waals surface area (Å²) in [6.45, 7) is 0. The first-order valence-electron chi connectivity index (χ1n) is 6.90. The zero-order chi connectivity index (χ0) is 14.0. The molecule has 104 valence electrons. The fourth-order valence-corrected chi connectivity index (χ4v) is 4.31. The Kier molecular flexibility index (Phi) is 2.65. The lowest BCUT2D eigenvalue weighted by Crippen LogP contribution is -2.45. The van der Waals surface area contributed by atoms with E-state index in [1.807, 2.05) is 11.6 Å². The highest BCUT2D eigenvalue weighted by atomic mass is 79.9. The molecule has 4 rings (SSSR count). The van der Waals surface area contributed by atoms with Crippen LogP contribution < -0.4 is 0 Å². The van der Waals surface area contributed by atoms with Gasteiger partial charge in [0.1, 0.15) is 5.82 Å². The van der Waals surface area contributed by atoms with Gasteiger partial charge in [0.05, 0.1) is 5.41 Å². The molecular formula is C15H16BrN3S. The lowest BCUT2D eigenvalue weighted by Gasteiger charge is -2.48. The van der Waals surface area contributed by atoms with Crippen LogP contribution in [0.5, 0.6) is 0 Å². The zero-order valence-corrected chi connectivity index (χ0v) is 13.8. The minimum Gasteiger partial charge on any atom is -0.309 e. The maximum atomic E-state index is 4.43. The molecule has 0 N–H and O–H groups in total. The molecule has 2 aliphatic carbocycles. The Bertz CT molecular complexity index is 682. The van der Waals surface area contributed by atoms with Crippen molar-refractivity contribution in [2.75, 3.05) is 0 Å². The van der Waals surface area contributed by atoms with Gasteiger partial charge in [-0.3, -0.25) is 0 Å². The highest BCUT2D eigenvalue weighted by molar-refractivity contribution is 9.10. The summed E-state index contributed by atoms with van der Waals surface area (Å²) >= 11 is 7.98. The van der Waals surface area contributed by atoms with Gasteiger partial charge in [-0.15, -0.1) is 22.8 Å². The predicted molar refractivity (Wildman–Crippen MR) is 84.1 cm³/mol. The fraction of sp³-hybridized carbons (Fsp3) is 0.467. The van der Waals surface area contributed by atoms with E-state index in [0.29, 0.717) is 10.6 Å². The molecule has 0 bridgehead atoms. The third-order valence-corrected chi connectivity index (χ3v) is 5.85. The Balaban J connectivity index is 1.85. The number of aromatic nitrogens is 3. The van der Waals surface area contributed by atoms with E-state index < -0.39 is 0 Å². The topological polar surface area (TPSA) is 30.7 Å². The van der Waals surface area contributed by atoms with Gasteiger partial charge in [0.25, 0.3) is 0 Å². The third-order valence-electron chi connectivity index (χ3n) is 4.97. The molecule has 2 fully saturated rings. The summed E-state index contributed by atoms with van der Waals surface area (Å²) in [6.07, 6.45) is 5.12. The van der Waals surface area contributed by atoms with Gasteiger partial charge in [-0.05, 0) is 48.8 Å². The molecule has 0 aliphatic heterocycles. The van der Waals surface area contributed by atoms with Crippen LogP contribution in [-0.4, -0.2) is 14.8 Å². The second-order valence-electron chi connectivity index (χ2n) is 6.33. The van der Waals surface area contributed by atoms with Crippen LogP contribution in [0.1, 0.15) is 37.1 Å². The zero-order valence-electron chi connectivity index (χ0n) is 11.3. The Morgan fingerprint density at radius 2 is 2.00 bits per heavy atom. The van der Waals surface area contributed by atoms with E-state index >= 15 is 0 Å². The highest BCUT2D eigenvalue weighted by Gasteiger charge is 2.63.